The lowest BCUT2D eigenvalue weighted by molar-refractivity contribution is 0.138. The van der Waals surface area contributed by atoms with E-state index in [9.17, 15) is 0 Å². The van der Waals surface area contributed by atoms with Crippen molar-refractivity contribution in [2.75, 3.05) is 6.54 Å². The maximum absolute atomic E-state index is 4.59. The fourth-order valence-corrected chi connectivity index (χ4v) is 4.18. The average molecular weight is 356 g/mol. The van der Waals surface area contributed by atoms with Crippen molar-refractivity contribution in [2.45, 2.75) is 78.3 Å². The molecule has 1 aliphatic carbocycles. The van der Waals surface area contributed by atoms with Crippen molar-refractivity contribution < 1.29 is 0 Å². The summed E-state index contributed by atoms with van der Waals surface area (Å²) in [5.74, 6) is 0. The second-order valence-electron chi connectivity index (χ2n) is 6.70. The molecule has 1 unspecified atom stereocenters. The topological polar surface area (TPSA) is 29.9 Å². The minimum atomic E-state index is 0.349. The van der Waals surface area contributed by atoms with E-state index < -0.39 is 0 Å². The van der Waals surface area contributed by atoms with E-state index in [1.165, 1.54) is 44.2 Å². The van der Waals surface area contributed by atoms with Crippen molar-refractivity contribution in [3.63, 3.8) is 0 Å². The molecule has 21 heavy (non-hydrogen) atoms. The zero-order valence-electron chi connectivity index (χ0n) is 13.8. The Labute approximate surface area is 138 Å². The minimum absolute atomic E-state index is 0.349. The third-order valence-corrected chi connectivity index (χ3v) is 5.44. The van der Waals surface area contributed by atoms with Crippen LogP contribution in [0.15, 0.2) is 10.7 Å². The van der Waals surface area contributed by atoms with E-state index in [1.54, 1.807) is 0 Å². The smallest absolute Gasteiger partial charge is 0.0701 e. The van der Waals surface area contributed by atoms with Crippen LogP contribution < -0.4 is 5.32 Å². The van der Waals surface area contributed by atoms with Gasteiger partial charge in [0.15, 0.2) is 0 Å². The van der Waals surface area contributed by atoms with E-state index in [4.69, 9.17) is 0 Å². The molecule has 1 aromatic rings. The lowest BCUT2D eigenvalue weighted by Crippen LogP contribution is -2.39. The first-order chi connectivity index (χ1) is 10.1. The third-order valence-electron chi connectivity index (χ3n) is 4.83. The Balaban J connectivity index is 2.32. The van der Waals surface area contributed by atoms with E-state index in [-0.39, 0.29) is 0 Å². The molecular formula is C17H30BrN3. The maximum Gasteiger partial charge on any atom is 0.0701 e. The molecule has 4 heteroatoms. The second-order valence-corrected chi connectivity index (χ2v) is 7.56. The molecule has 0 aliphatic heterocycles. The summed E-state index contributed by atoms with van der Waals surface area (Å²) in [6.45, 7) is 9.00. The van der Waals surface area contributed by atoms with Gasteiger partial charge in [0.05, 0.1) is 22.4 Å². The molecule has 1 aromatic heterocycles. The average Bonchev–Trinajstić information content (AvgIpc) is 2.82. The Morgan fingerprint density at radius 2 is 2.00 bits per heavy atom. The number of halogens is 1. The van der Waals surface area contributed by atoms with Crippen LogP contribution in [-0.4, -0.2) is 16.3 Å². The third kappa shape index (κ3) is 3.89. The van der Waals surface area contributed by atoms with Crippen LogP contribution in [-0.2, 0) is 6.54 Å². The molecule has 1 heterocycles. The van der Waals surface area contributed by atoms with Gasteiger partial charge < -0.3 is 5.32 Å². The molecule has 0 radical (unpaired) electrons. The zero-order valence-corrected chi connectivity index (χ0v) is 15.4. The number of aryl methyl sites for hydroxylation is 1. The van der Waals surface area contributed by atoms with Gasteiger partial charge in [0.1, 0.15) is 0 Å². The number of aromatic nitrogens is 2. The largest absolute Gasteiger partial charge is 0.308 e. The number of hydrogen-bond acceptors (Lipinski definition) is 2. The van der Waals surface area contributed by atoms with E-state index in [1.807, 2.05) is 6.20 Å². The van der Waals surface area contributed by atoms with E-state index >= 15 is 0 Å². The maximum atomic E-state index is 4.59. The zero-order chi connectivity index (χ0) is 15.3. The molecule has 0 bridgehead atoms. The van der Waals surface area contributed by atoms with Gasteiger partial charge in [-0.2, -0.15) is 5.10 Å². The predicted octanol–water partition coefficient (Wildman–Crippen LogP) is 5.07. The van der Waals surface area contributed by atoms with E-state index in [2.05, 4.69) is 51.8 Å². The fraction of sp³-hybridized carbons (Fsp3) is 0.824. The molecule has 1 aliphatic rings. The monoisotopic (exact) mass is 355 g/mol. The molecule has 0 amide bonds. The van der Waals surface area contributed by atoms with Crippen molar-refractivity contribution >= 4 is 15.9 Å². The summed E-state index contributed by atoms with van der Waals surface area (Å²) in [6.07, 6.45) is 11.0. The van der Waals surface area contributed by atoms with Crippen molar-refractivity contribution in [2.24, 2.45) is 5.41 Å². The molecule has 1 atom stereocenters. The number of rotatable bonds is 7. The van der Waals surface area contributed by atoms with Crippen LogP contribution in [0, 0.1) is 5.41 Å². The number of nitrogens with one attached hydrogen (secondary N) is 1. The molecule has 0 spiro atoms. The first kappa shape index (κ1) is 17.0. The Morgan fingerprint density at radius 3 is 2.62 bits per heavy atom. The van der Waals surface area contributed by atoms with Gasteiger partial charge in [-0.15, -0.1) is 0 Å². The fourth-order valence-electron chi connectivity index (χ4n) is 3.66. The van der Waals surface area contributed by atoms with Gasteiger partial charge in [0.25, 0.3) is 0 Å². The molecule has 3 nitrogen and oxygen atoms in total. The molecule has 1 fully saturated rings. The molecule has 1 N–H and O–H groups in total. The van der Waals surface area contributed by atoms with Crippen LogP contribution in [0.1, 0.15) is 77.5 Å². The van der Waals surface area contributed by atoms with Gasteiger partial charge in [0, 0.05) is 6.54 Å². The first-order valence-corrected chi connectivity index (χ1v) is 9.36. The summed E-state index contributed by atoms with van der Waals surface area (Å²) < 4.78 is 3.37. The quantitative estimate of drug-likeness (QED) is 0.739. The van der Waals surface area contributed by atoms with E-state index in [0.29, 0.717) is 11.5 Å². The molecule has 1 saturated carbocycles. The van der Waals surface area contributed by atoms with Crippen molar-refractivity contribution in [3.05, 3.63) is 16.4 Å². The molecule has 0 saturated heterocycles. The normalized spacial score (nSPS) is 19.6. The van der Waals surface area contributed by atoms with Gasteiger partial charge in [-0.1, -0.05) is 40.0 Å². The highest BCUT2D eigenvalue weighted by molar-refractivity contribution is 9.10. The summed E-state index contributed by atoms with van der Waals surface area (Å²) in [7, 11) is 0. The second kappa shape index (κ2) is 7.77. The lowest BCUT2D eigenvalue weighted by Gasteiger charge is -2.41. The summed E-state index contributed by atoms with van der Waals surface area (Å²) >= 11 is 3.75. The Morgan fingerprint density at radius 1 is 1.29 bits per heavy atom. The SMILES string of the molecule is CCCNC(c1c(Br)cnn1CCC)C1(C)CCCCC1. The Kier molecular flexibility index (Phi) is 6.30. The van der Waals surface area contributed by atoms with Gasteiger partial charge in [-0.3, -0.25) is 4.68 Å². The molecular weight excluding hydrogens is 326 g/mol. The predicted molar refractivity (Wildman–Crippen MR) is 92.4 cm³/mol. The van der Waals surface area contributed by atoms with Crippen molar-refractivity contribution in [1.29, 1.82) is 0 Å². The highest BCUT2D eigenvalue weighted by Crippen LogP contribution is 2.47. The van der Waals surface area contributed by atoms with E-state index in [0.717, 1.165) is 24.0 Å². The molecule has 120 valence electrons. The summed E-state index contributed by atoms with van der Waals surface area (Å²) in [6, 6.07) is 0.404. The van der Waals surface area contributed by atoms with Crippen LogP contribution in [0.2, 0.25) is 0 Å². The molecule has 0 aromatic carbocycles. The lowest BCUT2D eigenvalue weighted by atomic mass is 9.69. The Bertz CT molecular complexity index is 435. The standard InChI is InChI=1S/C17H30BrN3/c1-4-11-19-16(17(3)9-7-6-8-10-17)15-14(18)13-20-21(15)12-5-2/h13,16,19H,4-12H2,1-3H3. The van der Waals surface area contributed by atoms with Crippen molar-refractivity contribution in [1.82, 2.24) is 15.1 Å². The number of hydrogen-bond donors (Lipinski definition) is 1. The van der Waals surface area contributed by atoms with Crippen LogP contribution >= 0.6 is 15.9 Å². The summed E-state index contributed by atoms with van der Waals surface area (Å²) in [5.41, 5.74) is 1.70. The summed E-state index contributed by atoms with van der Waals surface area (Å²) in [4.78, 5) is 0. The van der Waals surface area contributed by atoms with Gasteiger partial charge in [-0.25, -0.2) is 0 Å². The number of nitrogens with zero attached hydrogens (tertiary/aromatic N) is 2. The van der Waals surface area contributed by atoms with Crippen LogP contribution in [0.3, 0.4) is 0 Å². The first-order valence-electron chi connectivity index (χ1n) is 8.57. The Hall–Kier alpha value is -0.350. The van der Waals surface area contributed by atoms with Gasteiger partial charge >= 0.3 is 0 Å². The van der Waals surface area contributed by atoms with Crippen LogP contribution in [0.4, 0.5) is 0 Å². The van der Waals surface area contributed by atoms with Crippen LogP contribution in [0.25, 0.3) is 0 Å². The van der Waals surface area contributed by atoms with Gasteiger partial charge in [-0.05, 0) is 53.6 Å². The summed E-state index contributed by atoms with van der Waals surface area (Å²) in [5, 5.41) is 8.42. The highest BCUT2D eigenvalue weighted by Gasteiger charge is 2.38. The van der Waals surface area contributed by atoms with Crippen LogP contribution in [0.5, 0.6) is 0 Å². The minimum Gasteiger partial charge on any atom is -0.308 e. The highest BCUT2D eigenvalue weighted by atomic mass is 79.9. The molecule has 2 rings (SSSR count). The van der Waals surface area contributed by atoms with Gasteiger partial charge in [0.2, 0.25) is 0 Å². The van der Waals surface area contributed by atoms with Crippen molar-refractivity contribution in [3.8, 4) is 0 Å².